The van der Waals surface area contributed by atoms with Crippen LogP contribution in [0.5, 0.6) is 0 Å². The number of hydrogen-bond acceptors (Lipinski definition) is 6. The Labute approximate surface area is 154 Å². The molecule has 1 N–H and O–H groups in total. The van der Waals surface area contributed by atoms with Gasteiger partial charge in [0.15, 0.2) is 0 Å². The van der Waals surface area contributed by atoms with E-state index in [4.69, 9.17) is 9.15 Å². The van der Waals surface area contributed by atoms with Crippen molar-refractivity contribution in [1.82, 2.24) is 5.32 Å². The van der Waals surface area contributed by atoms with Gasteiger partial charge in [-0.3, -0.25) is 15.0 Å². The molecule has 0 saturated carbocycles. The standard InChI is InChI=1S/C18H17N3O6/c1-3-26-17(22)15-11(2)20(12-7-5-4-6-8-12)18(23)19-16(15)13-9-10-14(27-13)21(24)25/h4-10,16H,3H2,1-2H3,(H,19,23)/t16-/m1/s1. The molecule has 0 aliphatic carbocycles. The van der Waals surface area contributed by atoms with Crippen molar-refractivity contribution in [2.75, 3.05) is 11.5 Å². The zero-order valence-electron chi connectivity index (χ0n) is 14.7. The quantitative estimate of drug-likeness (QED) is 0.490. The fraction of sp³-hybridized carbons (Fsp3) is 0.222. The normalized spacial score (nSPS) is 16.9. The smallest absolute Gasteiger partial charge is 0.433 e. The van der Waals surface area contributed by atoms with Gasteiger partial charge in [-0.05, 0) is 32.0 Å². The molecule has 3 rings (SSSR count). The molecule has 0 fully saturated rings. The van der Waals surface area contributed by atoms with Crippen molar-refractivity contribution in [3.63, 3.8) is 0 Å². The molecule has 1 atom stereocenters. The summed E-state index contributed by atoms with van der Waals surface area (Å²) in [7, 11) is 0. The molecular weight excluding hydrogens is 354 g/mol. The van der Waals surface area contributed by atoms with Crippen LogP contribution >= 0.6 is 0 Å². The molecule has 2 aromatic rings. The van der Waals surface area contributed by atoms with Crippen LogP contribution in [-0.4, -0.2) is 23.5 Å². The molecule has 1 aliphatic heterocycles. The molecule has 2 amide bonds. The number of esters is 1. The van der Waals surface area contributed by atoms with Gasteiger partial charge in [0.05, 0.1) is 23.9 Å². The highest BCUT2D eigenvalue weighted by molar-refractivity contribution is 6.03. The lowest BCUT2D eigenvalue weighted by Crippen LogP contribution is -2.48. The highest BCUT2D eigenvalue weighted by Gasteiger charge is 2.39. The monoisotopic (exact) mass is 371 g/mol. The number of amides is 2. The highest BCUT2D eigenvalue weighted by Crippen LogP contribution is 2.35. The third-order valence-corrected chi connectivity index (χ3v) is 4.07. The van der Waals surface area contributed by atoms with E-state index in [-0.39, 0.29) is 17.9 Å². The first-order chi connectivity index (χ1) is 12.9. The summed E-state index contributed by atoms with van der Waals surface area (Å²) in [6, 6.07) is 9.83. The van der Waals surface area contributed by atoms with Gasteiger partial charge in [-0.15, -0.1) is 0 Å². The van der Waals surface area contributed by atoms with Gasteiger partial charge in [0.1, 0.15) is 16.7 Å². The van der Waals surface area contributed by atoms with E-state index >= 15 is 0 Å². The number of nitrogens with one attached hydrogen (secondary N) is 1. The maximum absolute atomic E-state index is 12.7. The van der Waals surface area contributed by atoms with E-state index in [1.54, 1.807) is 44.2 Å². The number of furan rings is 1. The van der Waals surface area contributed by atoms with E-state index in [2.05, 4.69) is 5.32 Å². The molecule has 1 aromatic carbocycles. The van der Waals surface area contributed by atoms with Crippen LogP contribution in [0.15, 0.2) is 58.2 Å². The van der Waals surface area contributed by atoms with Gasteiger partial charge in [-0.25, -0.2) is 9.59 Å². The van der Waals surface area contributed by atoms with Crippen LogP contribution < -0.4 is 10.2 Å². The number of carbonyl (C=O) groups is 2. The molecule has 9 heteroatoms. The van der Waals surface area contributed by atoms with Gasteiger partial charge in [0, 0.05) is 5.70 Å². The molecule has 27 heavy (non-hydrogen) atoms. The van der Waals surface area contributed by atoms with Crippen molar-refractivity contribution in [3.05, 3.63) is 69.6 Å². The van der Waals surface area contributed by atoms with E-state index < -0.39 is 28.8 Å². The van der Waals surface area contributed by atoms with Crippen LogP contribution in [-0.2, 0) is 9.53 Å². The number of para-hydroxylation sites is 1. The number of nitro groups is 1. The summed E-state index contributed by atoms with van der Waals surface area (Å²) >= 11 is 0. The van der Waals surface area contributed by atoms with Gasteiger partial charge in [-0.2, -0.15) is 0 Å². The minimum Gasteiger partial charge on any atom is -0.463 e. The second-order valence-electron chi connectivity index (χ2n) is 5.71. The highest BCUT2D eigenvalue weighted by atomic mass is 16.6. The zero-order chi connectivity index (χ0) is 19.6. The van der Waals surface area contributed by atoms with E-state index in [0.29, 0.717) is 11.4 Å². The molecule has 9 nitrogen and oxygen atoms in total. The summed E-state index contributed by atoms with van der Waals surface area (Å²) in [5.41, 5.74) is 1.06. The Balaban J connectivity index is 2.11. The molecule has 0 unspecified atom stereocenters. The van der Waals surface area contributed by atoms with Crippen molar-refractivity contribution < 1.29 is 23.7 Å². The van der Waals surface area contributed by atoms with Crippen LogP contribution in [0.25, 0.3) is 0 Å². The second-order valence-corrected chi connectivity index (χ2v) is 5.71. The third kappa shape index (κ3) is 3.39. The Bertz CT molecular complexity index is 918. The predicted octanol–water partition coefficient (Wildman–Crippen LogP) is 3.30. The maximum Gasteiger partial charge on any atom is 0.433 e. The number of allylic oxidation sites excluding steroid dienone is 1. The van der Waals surface area contributed by atoms with Crippen molar-refractivity contribution in [1.29, 1.82) is 0 Å². The van der Waals surface area contributed by atoms with Crippen LogP contribution in [0, 0.1) is 10.1 Å². The average Bonchev–Trinajstić information content (AvgIpc) is 3.12. The number of hydrogen-bond donors (Lipinski definition) is 1. The van der Waals surface area contributed by atoms with Crippen LogP contribution in [0.4, 0.5) is 16.4 Å². The molecule has 1 aromatic heterocycles. The topological polar surface area (TPSA) is 115 Å². The number of benzene rings is 1. The van der Waals surface area contributed by atoms with Crippen molar-refractivity contribution in [2.24, 2.45) is 0 Å². The van der Waals surface area contributed by atoms with Gasteiger partial charge < -0.3 is 14.5 Å². The van der Waals surface area contributed by atoms with E-state index in [1.165, 1.54) is 17.0 Å². The summed E-state index contributed by atoms with van der Waals surface area (Å²) in [4.78, 5) is 36.8. The van der Waals surface area contributed by atoms with Crippen molar-refractivity contribution in [2.45, 2.75) is 19.9 Å². The number of anilines is 1. The zero-order valence-corrected chi connectivity index (χ0v) is 14.7. The number of carbonyl (C=O) groups excluding carboxylic acids is 2. The van der Waals surface area contributed by atoms with Gasteiger partial charge in [0.2, 0.25) is 0 Å². The number of ether oxygens (including phenoxy) is 1. The van der Waals surface area contributed by atoms with Crippen LogP contribution in [0.2, 0.25) is 0 Å². The first kappa shape index (κ1) is 18.2. The molecule has 1 aliphatic rings. The molecule has 0 bridgehead atoms. The fourth-order valence-corrected chi connectivity index (χ4v) is 2.91. The Hall–Kier alpha value is -3.62. The molecule has 0 radical (unpaired) electrons. The summed E-state index contributed by atoms with van der Waals surface area (Å²) in [6.07, 6.45) is 0. The van der Waals surface area contributed by atoms with Gasteiger partial charge in [-0.1, -0.05) is 18.2 Å². The Morgan fingerprint density at radius 2 is 2.00 bits per heavy atom. The number of urea groups is 1. The molecular formula is C18H17N3O6. The summed E-state index contributed by atoms with van der Waals surface area (Å²) in [6.45, 7) is 3.42. The van der Waals surface area contributed by atoms with Crippen molar-refractivity contribution >= 4 is 23.6 Å². The second kappa shape index (κ2) is 7.32. The summed E-state index contributed by atoms with van der Waals surface area (Å²) in [5.74, 6) is -1.05. The Morgan fingerprint density at radius 3 is 2.59 bits per heavy atom. The summed E-state index contributed by atoms with van der Waals surface area (Å²) < 4.78 is 10.3. The predicted molar refractivity (Wildman–Crippen MR) is 94.9 cm³/mol. The third-order valence-electron chi connectivity index (χ3n) is 4.07. The molecule has 0 spiro atoms. The molecule has 0 saturated heterocycles. The molecule has 140 valence electrons. The number of rotatable bonds is 5. The lowest BCUT2D eigenvalue weighted by atomic mass is 9.99. The van der Waals surface area contributed by atoms with Crippen LogP contribution in [0.1, 0.15) is 25.6 Å². The van der Waals surface area contributed by atoms with Crippen molar-refractivity contribution in [3.8, 4) is 0 Å². The lowest BCUT2D eigenvalue weighted by molar-refractivity contribution is -0.402. The Morgan fingerprint density at radius 1 is 1.30 bits per heavy atom. The SMILES string of the molecule is CCOC(=O)C1=C(C)N(c2ccccc2)C(=O)N[C@@H]1c1ccc([N+](=O)[O-])o1. The minimum atomic E-state index is -0.995. The minimum absolute atomic E-state index is 0.0742. The molecule has 2 heterocycles. The average molecular weight is 371 g/mol. The van der Waals surface area contributed by atoms with Gasteiger partial charge >= 0.3 is 17.9 Å². The van der Waals surface area contributed by atoms with Crippen LogP contribution in [0.3, 0.4) is 0 Å². The first-order valence-corrected chi connectivity index (χ1v) is 8.21. The van der Waals surface area contributed by atoms with E-state index in [0.717, 1.165) is 0 Å². The van der Waals surface area contributed by atoms with E-state index in [9.17, 15) is 19.7 Å². The number of nitrogens with zero attached hydrogens (tertiary/aromatic N) is 2. The van der Waals surface area contributed by atoms with E-state index in [1.807, 2.05) is 0 Å². The first-order valence-electron chi connectivity index (χ1n) is 8.21. The Kier molecular flexibility index (Phi) is 4.93. The largest absolute Gasteiger partial charge is 0.463 e. The maximum atomic E-state index is 12.7. The van der Waals surface area contributed by atoms with Gasteiger partial charge in [0.25, 0.3) is 0 Å². The lowest BCUT2D eigenvalue weighted by Gasteiger charge is -2.34. The fourth-order valence-electron chi connectivity index (χ4n) is 2.91. The summed E-state index contributed by atoms with van der Waals surface area (Å²) in [5, 5.41) is 13.6.